The number of rotatable bonds is 83. The van der Waals surface area contributed by atoms with E-state index in [9.17, 15) is 43.2 Å². The number of unbranched alkanes of at least 4 members (excludes halogenated alkanes) is 50. The molecule has 0 saturated carbocycles. The molecule has 0 rings (SSSR count). The van der Waals surface area contributed by atoms with Crippen LogP contribution in [0.15, 0.2) is 0 Å². The molecular weight excluding hydrogens is 1350 g/mol. The molecule has 0 aromatic carbocycles. The van der Waals surface area contributed by atoms with Gasteiger partial charge in [-0.15, -0.1) is 0 Å². The maximum absolute atomic E-state index is 13.1. The number of ether oxygens (including phenoxy) is 4. The first-order valence-electron chi connectivity index (χ1n) is 43.9. The van der Waals surface area contributed by atoms with E-state index in [4.69, 9.17) is 37.0 Å². The van der Waals surface area contributed by atoms with Gasteiger partial charge in [0, 0.05) is 25.7 Å². The highest BCUT2D eigenvalue weighted by Crippen LogP contribution is 2.45. The largest absolute Gasteiger partial charge is 0.472 e. The number of hydrogen-bond donors (Lipinski definition) is 3. The molecule has 618 valence electrons. The molecule has 0 aliphatic heterocycles. The Morgan fingerprint density at radius 3 is 0.731 bits per heavy atom. The second kappa shape index (κ2) is 75.1. The molecule has 6 atom stereocenters. The quantitative estimate of drug-likeness (QED) is 0.0222. The van der Waals surface area contributed by atoms with Crippen molar-refractivity contribution in [2.24, 2.45) is 17.8 Å². The number of aliphatic hydroxyl groups is 1. The van der Waals surface area contributed by atoms with Crippen molar-refractivity contribution in [1.29, 1.82) is 0 Å². The SMILES string of the molecule is CCCCCCCCCCCCCCCCCCCCC(=O)OC[C@H](COP(=O)(O)OC[C@@H](O)COP(=O)(O)OC[C@@H](COC(=O)CCCCCCCCCCC(C)C)OC(=O)CCCCCCCCCCCCCCCCC(C)C)OC(=O)CCCCCCCCCCCCCCCCC(C)CC. The number of phosphoric acid groups is 2. The van der Waals surface area contributed by atoms with Crippen LogP contribution in [0.2, 0.25) is 0 Å². The van der Waals surface area contributed by atoms with E-state index in [1.807, 2.05) is 0 Å². The third kappa shape index (κ3) is 76.8. The fourth-order valence-electron chi connectivity index (χ4n) is 13.2. The molecule has 0 aromatic heterocycles. The average molecular weight is 1520 g/mol. The molecule has 0 aromatic rings. The molecule has 0 aliphatic carbocycles. The number of carbonyl (C=O) groups is 4. The maximum atomic E-state index is 13.1. The molecule has 0 spiro atoms. The minimum absolute atomic E-state index is 0.107. The summed E-state index contributed by atoms with van der Waals surface area (Å²) < 4.78 is 68.9. The summed E-state index contributed by atoms with van der Waals surface area (Å²) in [6.07, 6.45) is 65.2. The zero-order valence-electron chi connectivity index (χ0n) is 68.5. The van der Waals surface area contributed by atoms with Crippen molar-refractivity contribution in [3.8, 4) is 0 Å². The molecular formula is C85H166O17P2. The lowest BCUT2D eigenvalue weighted by Crippen LogP contribution is -2.30. The predicted octanol–water partition coefficient (Wildman–Crippen LogP) is 25.7. The van der Waals surface area contributed by atoms with Crippen molar-refractivity contribution < 1.29 is 80.2 Å². The zero-order chi connectivity index (χ0) is 76.5. The fraction of sp³-hybridized carbons (Fsp3) is 0.953. The van der Waals surface area contributed by atoms with Gasteiger partial charge in [0.1, 0.15) is 19.3 Å². The Kier molecular flexibility index (Phi) is 73.7. The summed E-state index contributed by atoms with van der Waals surface area (Å²) in [6, 6.07) is 0. The van der Waals surface area contributed by atoms with E-state index in [0.29, 0.717) is 25.7 Å². The van der Waals surface area contributed by atoms with E-state index in [2.05, 4.69) is 48.5 Å². The van der Waals surface area contributed by atoms with Gasteiger partial charge in [-0.2, -0.15) is 0 Å². The first-order chi connectivity index (χ1) is 50.3. The number of esters is 4. The van der Waals surface area contributed by atoms with Crippen LogP contribution in [0.5, 0.6) is 0 Å². The first-order valence-corrected chi connectivity index (χ1v) is 46.9. The van der Waals surface area contributed by atoms with Gasteiger partial charge in [0.2, 0.25) is 0 Å². The van der Waals surface area contributed by atoms with E-state index >= 15 is 0 Å². The summed E-state index contributed by atoms with van der Waals surface area (Å²) in [5, 5.41) is 10.7. The number of carbonyl (C=O) groups excluding carboxylic acids is 4. The molecule has 19 heteroatoms. The Labute approximate surface area is 638 Å². The van der Waals surface area contributed by atoms with Gasteiger partial charge in [0.05, 0.1) is 26.4 Å². The van der Waals surface area contributed by atoms with Gasteiger partial charge in [0.25, 0.3) is 0 Å². The third-order valence-corrected chi connectivity index (χ3v) is 22.1. The van der Waals surface area contributed by atoms with Crippen LogP contribution in [0.4, 0.5) is 0 Å². The number of phosphoric ester groups is 2. The summed E-state index contributed by atoms with van der Waals surface area (Å²) in [6.45, 7) is 12.0. The smallest absolute Gasteiger partial charge is 0.462 e. The van der Waals surface area contributed by atoms with E-state index in [0.717, 1.165) is 108 Å². The van der Waals surface area contributed by atoms with Crippen molar-refractivity contribution in [3.63, 3.8) is 0 Å². The van der Waals surface area contributed by atoms with Gasteiger partial charge in [-0.3, -0.25) is 37.3 Å². The van der Waals surface area contributed by atoms with E-state index in [1.165, 1.54) is 257 Å². The van der Waals surface area contributed by atoms with Crippen molar-refractivity contribution in [1.82, 2.24) is 0 Å². The summed E-state index contributed by atoms with van der Waals surface area (Å²) >= 11 is 0. The topological polar surface area (TPSA) is 237 Å². The van der Waals surface area contributed by atoms with E-state index in [1.54, 1.807) is 0 Å². The van der Waals surface area contributed by atoms with E-state index < -0.39 is 97.5 Å². The normalized spacial score (nSPS) is 14.2. The Bertz CT molecular complexity index is 2010. The Morgan fingerprint density at radius 2 is 0.490 bits per heavy atom. The summed E-state index contributed by atoms with van der Waals surface area (Å²) in [5.74, 6) is 0.262. The monoisotopic (exact) mass is 1520 g/mol. The van der Waals surface area contributed by atoms with Gasteiger partial charge in [-0.05, 0) is 43.4 Å². The van der Waals surface area contributed by atoms with Crippen LogP contribution < -0.4 is 0 Å². The van der Waals surface area contributed by atoms with Crippen LogP contribution in [-0.2, 0) is 65.4 Å². The van der Waals surface area contributed by atoms with Crippen molar-refractivity contribution in [2.45, 2.75) is 465 Å². The fourth-order valence-corrected chi connectivity index (χ4v) is 14.7. The summed E-state index contributed by atoms with van der Waals surface area (Å²) in [5.41, 5.74) is 0. The maximum Gasteiger partial charge on any atom is 0.472 e. The van der Waals surface area contributed by atoms with Gasteiger partial charge >= 0.3 is 39.5 Å². The molecule has 0 saturated heterocycles. The third-order valence-electron chi connectivity index (χ3n) is 20.2. The summed E-state index contributed by atoms with van der Waals surface area (Å²) in [4.78, 5) is 73.2. The first kappa shape index (κ1) is 102. The van der Waals surface area contributed by atoms with Gasteiger partial charge < -0.3 is 33.8 Å². The van der Waals surface area contributed by atoms with Crippen LogP contribution >= 0.6 is 15.6 Å². The zero-order valence-corrected chi connectivity index (χ0v) is 70.3. The minimum atomic E-state index is -4.97. The van der Waals surface area contributed by atoms with Gasteiger partial charge in [-0.1, -0.05) is 395 Å². The predicted molar refractivity (Wildman–Crippen MR) is 428 cm³/mol. The van der Waals surface area contributed by atoms with Crippen LogP contribution in [0.3, 0.4) is 0 Å². The van der Waals surface area contributed by atoms with Gasteiger partial charge in [-0.25, -0.2) is 9.13 Å². The molecule has 0 aliphatic rings. The molecule has 0 radical (unpaired) electrons. The molecule has 104 heavy (non-hydrogen) atoms. The minimum Gasteiger partial charge on any atom is -0.462 e. The Hall–Kier alpha value is -1.94. The number of hydrogen-bond acceptors (Lipinski definition) is 15. The van der Waals surface area contributed by atoms with Crippen molar-refractivity contribution in [2.75, 3.05) is 39.6 Å². The van der Waals surface area contributed by atoms with Crippen molar-refractivity contribution in [3.05, 3.63) is 0 Å². The second-order valence-electron chi connectivity index (χ2n) is 31.8. The second-order valence-corrected chi connectivity index (χ2v) is 34.7. The van der Waals surface area contributed by atoms with E-state index in [-0.39, 0.29) is 25.7 Å². The lowest BCUT2D eigenvalue weighted by Gasteiger charge is -2.21. The molecule has 0 bridgehead atoms. The van der Waals surface area contributed by atoms with Crippen LogP contribution in [0, 0.1) is 17.8 Å². The summed E-state index contributed by atoms with van der Waals surface area (Å²) in [7, 11) is -9.93. The lowest BCUT2D eigenvalue weighted by atomic mass is 9.99. The number of aliphatic hydroxyl groups excluding tert-OH is 1. The standard InChI is InChI=1S/C85H166O17P2/c1-8-10-11-12-13-14-15-16-17-18-19-20-27-32-37-45-52-59-66-82(87)95-72-80(101-84(89)69-62-55-48-39-34-29-24-22-26-31-36-44-51-58-65-78(7)9-2)74-99-103(91,92)97-70-79(86)71-98-104(93,94)100-75-81(73-96-83(88)67-60-53-46-41-40-43-50-57-64-77(5)6)102-85(90)68-61-54-47-38-33-28-23-21-25-30-35-42-49-56-63-76(3)4/h76-81,86H,8-75H2,1-7H3,(H,91,92)(H,93,94)/t78?,79-,80-,81-/m1/s1. The van der Waals surface area contributed by atoms with Crippen LogP contribution in [-0.4, -0.2) is 96.7 Å². The molecule has 3 unspecified atom stereocenters. The Morgan fingerprint density at radius 1 is 0.279 bits per heavy atom. The van der Waals surface area contributed by atoms with Crippen LogP contribution in [0.1, 0.15) is 447 Å². The van der Waals surface area contributed by atoms with Crippen LogP contribution in [0.25, 0.3) is 0 Å². The molecule has 0 amide bonds. The Balaban J connectivity index is 5.26. The lowest BCUT2D eigenvalue weighted by molar-refractivity contribution is -0.161. The molecule has 17 nitrogen and oxygen atoms in total. The van der Waals surface area contributed by atoms with Crippen molar-refractivity contribution >= 4 is 39.5 Å². The molecule has 3 N–H and O–H groups in total. The molecule has 0 fully saturated rings. The molecule has 0 heterocycles. The van der Waals surface area contributed by atoms with Gasteiger partial charge in [0.15, 0.2) is 12.2 Å². The highest BCUT2D eigenvalue weighted by molar-refractivity contribution is 7.47. The highest BCUT2D eigenvalue weighted by atomic mass is 31.2. The highest BCUT2D eigenvalue weighted by Gasteiger charge is 2.30. The average Bonchev–Trinajstić information content (AvgIpc) is 0.908.